The maximum Gasteiger partial charge on any atom is 0.291 e. The van der Waals surface area contributed by atoms with Crippen molar-refractivity contribution < 1.29 is 13.6 Å². The zero-order valence-electron chi connectivity index (χ0n) is 13.5. The number of fused-ring (bicyclic) bond motifs is 1. The number of oxazole rings is 1. The first-order chi connectivity index (χ1) is 12.5. The molecular formula is C19H12BrClN2O3. The van der Waals surface area contributed by atoms with Crippen molar-refractivity contribution in [3.63, 3.8) is 0 Å². The summed E-state index contributed by atoms with van der Waals surface area (Å²) in [5, 5.41) is 3.43. The summed E-state index contributed by atoms with van der Waals surface area (Å²) in [5.74, 6) is 0.344. The molecule has 1 N–H and O–H groups in total. The van der Waals surface area contributed by atoms with Crippen molar-refractivity contribution >= 4 is 50.2 Å². The first-order valence-corrected chi connectivity index (χ1v) is 8.90. The number of aryl methyl sites for hydroxylation is 1. The molecule has 1 amide bonds. The Kier molecular flexibility index (Phi) is 4.30. The zero-order valence-corrected chi connectivity index (χ0v) is 15.9. The van der Waals surface area contributed by atoms with Crippen LogP contribution in [-0.2, 0) is 0 Å². The van der Waals surface area contributed by atoms with Gasteiger partial charge in [0.1, 0.15) is 5.52 Å². The molecule has 4 aromatic rings. The van der Waals surface area contributed by atoms with E-state index in [9.17, 15) is 4.79 Å². The fourth-order valence-electron chi connectivity index (χ4n) is 2.48. The van der Waals surface area contributed by atoms with Crippen LogP contribution in [0.5, 0.6) is 0 Å². The number of hydrogen-bond donors (Lipinski definition) is 1. The molecule has 0 fully saturated rings. The van der Waals surface area contributed by atoms with Crippen LogP contribution in [0.15, 0.2) is 62.0 Å². The molecule has 2 aromatic heterocycles. The minimum Gasteiger partial charge on any atom is -0.444 e. The summed E-state index contributed by atoms with van der Waals surface area (Å²) in [5.41, 5.74) is 3.63. The highest BCUT2D eigenvalue weighted by Crippen LogP contribution is 2.29. The van der Waals surface area contributed by atoms with Crippen LogP contribution in [0.25, 0.3) is 22.6 Å². The van der Waals surface area contributed by atoms with E-state index < -0.39 is 0 Å². The van der Waals surface area contributed by atoms with Crippen molar-refractivity contribution in [1.29, 1.82) is 0 Å². The van der Waals surface area contributed by atoms with Gasteiger partial charge in [-0.05, 0) is 70.9 Å². The number of furan rings is 1. The summed E-state index contributed by atoms with van der Waals surface area (Å²) in [4.78, 5) is 16.7. The number of carbonyl (C=O) groups is 1. The van der Waals surface area contributed by atoms with Crippen LogP contribution < -0.4 is 5.32 Å². The van der Waals surface area contributed by atoms with Gasteiger partial charge in [-0.15, -0.1) is 0 Å². The van der Waals surface area contributed by atoms with Crippen molar-refractivity contribution in [3.05, 3.63) is 69.5 Å². The molecule has 5 nitrogen and oxygen atoms in total. The van der Waals surface area contributed by atoms with Crippen LogP contribution in [0.2, 0.25) is 5.02 Å². The van der Waals surface area contributed by atoms with Gasteiger partial charge in [0, 0.05) is 16.3 Å². The second-order valence-corrected chi connectivity index (χ2v) is 6.91. The Bertz CT molecular complexity index is 1130. The van der Waals surface area contributed by atoms with Gasteiger partial charge in [-0.2, -0.15) is 0 Å². The van der Waals surface area contributed by atoms with Crippen molar-refractivity contribution in [3.8, 4) is 11.5 Å². The standard InChI is InChI=1S/C19H12BrClN2O3/c1-10-2-3-11(8-13(10)21)19-23-14-9-12(4-5-15(14)26-19)22-18(24)16-6-7-17(20)25-16/h2-9H,1H3,(H,22,24). The Morgan fingerprint density at radius 3 is 2.69 bits per heavy atom. The summed E-state index contributed by atoms with van der Waals surface area (Å²) in [7, 11) is 0. The Morgan fingerprint density at radius 2 is 1.96 bits per heavy atom. The number of nitrogens with one attached hydrogen (secondary N) is 1. The summed E-state index contributed by atoms with van der Waals surface area (Å²) in [6, 6.07) is 14.1. The second-order valence-electron chi connectivity index (χ2n) is 5.72. The smallest absolute Gasteiger partial charge is 0.291 e. The molecule has 0 bridgehead atoms. The summed E-state index contributed by atoms with van der Waals surface area (Å²) in [6.45, 7) is 1.94. The van der Waals surface area contributed by atoms with Crippen molar-refractivity contribution in [2.75, 3.05) is 5.32 Å². The van der Waals surface area contributed by atoms with Crippen molar-refractivity contribution in [2.24, 2.45) is 0 Å². The van der Waals surface area contributed by atoms with Gasteiger partial charge in [-0.25, -0.2) is 4.98 Å². The Hall–Kier alpha value is -2.57. The van der Waals surface area contributed by atoms with E-state index in [4.69, 9.17) is 20.4 Å². The third-order valence-corrected chi connectivity index (χ3v) is 4.69. The highest BCUT2D eigenvalue weighted by molar-refractivity contribution is 9.10. The van der Waals surface area contributed by atoms with Crippen LogP contribution >= 0.6 is 27.5 Å². The summed E-state index contributed by atoms with van der Waals surface area (Å²) in [6.07, 6.45) is 0. The first kappa shape index (κ1) is 16.9. The number of aromatic nitrogens is 1. The summed E-state index contributed by atoms with van der Waals surface area (Å²) < 4.78 is 11.5. The van der Waals surface area contributed by atoms with Gasteiger partial charge in [0.05, 0.1) is 0 Å². The van der Waals surface area contributed by atoms with Crippen LogP contribution in [-0.4, -0.2) is 10.9 Å². The van der Waals surface area contributed by atoms with Gasteiger partial charge in [0.2, 0.25) is 5.89 Å². The lowest BCUT2D eigenvalue weighted by atomic mass is 10.1. The number of anilines is 1. The molecule has 0 aliphatic heterocycles. The van der Waals surface area contributed by atoms with E-state index >= 15 is 0 Å². The van der Waals surface area contributed by atoms with Crippen molar-refractivity contribution in [2.45, 2.75) is 6.92 Å². The number of benzene rings is 2. The average molecular weight is 432 g/mol. The largest absolute Gasteiger partial charge is 0.444 e. The molecule has 130 valence electrons. The lowest BCUT2D eigenvalue weighted by molar-refractivity contribution is 0.0995. The molecule has 0 aliphatic carbocycles. The maximum absolute atomic E-state index is 12.2. The Morgan fingerprint density at radius 1 is 1.12 bits per heavy atom. The van der Waals surface area contributed by atoms with E-state index in [2.05, 4.69) is 26.2 Å². The van der Waals surface area contributed by atoms with E-state index in [1.807, 2.05) is 25.1 Å². The Labute approximate surface area is 162 Å². The molecule has 0 atom stereocenters. The van der Waals surface area contributed by atoms with Crippen molar-refractivity contribution in [1.82, 2.24) is 4.98 Å². The number of nitrogens with zero attached hydrogens (tertiary/aromatic N) is 1. The molecule has 0 spiro atoms. The van der Waals surface area contributed by atoms with Gasteiger partial charge < -0.3 is 14.2 Å². The first-order valence-electron chi connectivity index (χ1n) is 7.73. The molecule has 0 saturated heterocycles. The monoisotopic (exact) mass is 430 g/mol. The minimum absolute atomic E-state index is 0.215. The molecule has 0 radical (unpaired) electrons. The molecule has 2 heterocycles. The van der Waals surface area contributed by atoms with Gasteiger partial charge in [0.25, 0.3) is 5.91 Å². The van der Waals surface area contributed by atoms with Gasteiger partial charge >= 0.3 is 0 Å². The average Bonchev–Trinajstić information content (AvgIpc) is 3.23. The molecule has 0 aliphatic rings. The highest BCUT2D eigenvalue weighted by Gasteiger charge is 2.13. The van der Waals surface area contributed by atoms with E-state index in [0.717, 1.165) is 11.1 Å². The number of hydrogen-bond acceptors (Lipinski definition) is 4. The topological polar surface area (TPSA) is 68.3 Å². The highest BCUT2D eigenvalue weighted by atomic mass is 79.9. The normalized spacial score (nSPS) is 11.0. The molecule has 0 unspecified atom stereocenters. The lowest BCUT2D eigenvalue weighted by Gasteiger charge is -2.02. The second kappa shape index (κ2) is 6.63. The molecule has 0 saturated carbocycles. The molecule has 7 heteroatoms. The van der Waals surface area contributed by atoms with Gasteiger partial charge in [-0.3, -0.25) is 4.79 Å². The number of halogens is 2. The molecular weight excluding hydrogens is 420 g/mol. The predicted molar refractivity (Wildman–Crippen MR) is 104 cm³/mol. The third-order valence-electron chi connectivity index (χ3n) is 3.86. The molecule has 2 aromatic carbocycles. The third kappa shape index (κ3) is 3.25. The van der Waals surface area contributed by atoms with E-state index in [-0.39, 0.29) is 11.7 Å². The molecule has 4 rings (SSSR count). The summed E-state index contributed by atoms with van der Waals surface area (Å²) >= 11 is 9.35. The number of carbonyl (C=O) groups excluding carboxylic acids is 1. The fraction of sp³-hybridized carbons (Fsp3) is 0.0526. The minimum atomic E-state index is -0.343. The van der Waals surface area contributed by atoms with Gasteiger partial charge in [-0.1, -0.05) is 17.7 Å². The van der Waals surface area contributed by atoms with Crippen LogP contribution in [0.3, 0.4) is 0 Å². The van der Waals surface area contributed by atoms with Crippen LogP contribution in [0, 0.1) is 6.92 Å². The predicted octanol–water partition coefficient (Wildman–Crippen LogP) is 6.06. The molecule has 26 heavy (non-hydrogen) atoms. The van der Waals surface area contributed by atoms with E-state index in [1.165, 1.54) is 0 Å². The van der Waals surface area contributed by atoms with E-state index in [0.29, 0.717) is 32.4 Å². The van der Waals surface area contributed by atoms with E-state index in [1.54, 1.807) is 30.3 Å². The van der Waals surface area contributed by atoms with Gasteiger partial charge in [0.15, 0.2) is 16.0 Å². The van der Waals surface area contributed by atoms with Crippen LogP contribution in [0.1, 0.15) is 16.1 Å². The van der Waals surface area contributed by atoms with Crippen LogP contribution in [0.4, 0.5) is 5.69 Å². The zero-order chi connectivity index (χ0) is 18.3. The fourth-order valence-corrected chi connectivity index (χ4v) is 2.97. The maximum atomic E-state index is 12.2. The lowest BCUT2D eigenvalue weighted by Crippen LogP contribution is -2.10. The quantitative estimate of drug-likeness (QED) is 0.428. The number of amides is 1. The number of rotatable bonds is 3. The Balaban J connectivity index is 1.63. The SMILES string of the molecule is Cc1ccc(-c2nc3cc(NC(=O)c4ccc(Br)o4)ccc3o2)cc1Cl.